The van der Waals surface area contributed by atoms with Gasteiger partial charge in [-0.2, -0.15) is 0 Å². The third-order valence-corrected chi connectivity index (χ3v) is 3.83. The van der Waals surface area contributed by atoms with E-state index in [0.29, 0.717) is 21.5 Å². The molecule has 1 rings (SSSR count). The first-order valence-electron chi connectivity index (χ1n) is 6.27. The highest BCUT2D eigenvalue weighted by atomic mass is 127. The first kappa shape index (κ1) is 14.8. The molecule has 96 valence electrons. The molecule has 0 bridgehead atoms. The second kappa shape index (κ2) is 6.07. The summed E-state index contributed by atoms with van der Waals surface area (Å²) in [5, 5.41) is 9.83. The Balaban J connectivity index is 3.10. The number of halogens is 1. The van der Waals surface area contributed by atoms with E-state index in [9.17, 15) is 5.11 Å². The van der Waals surface area contributed by atoms with Crippen LogP contribution in [0.3, 0.4) is 0 Å². The maximum absolute atomic E-state index is 9.83. The molecule has 2 heteroatoms. The van der Waals surface area contributed by atoms with Crippen molar-refractivity contribution in [2.45, 2.75) is 50.9 Å². The number of phenols is 1. The topological polar surface area (TPSA) is 20.2 Å². The maximum Gasteiger partial charge on any atom is 0.121 e. The van der Waals surface area contributed by atoms with Crippen molar-refractivity contribution in [3.63, 3.8) is 0 Å². The molecule has 0 saturated carbocycles. The predicted molar refractivity (Wildman–Crippen MR) is 83.3 cm³/mol. The molecule has 0 radical (unpaired) electrons. The summed E-state index contributed by atoms with van der Waals surface area (Å²) in [4.78, 5) is 0. The van der Waals surface area contributed by atoms with Crippen LogP contribution in [-0.4, -0.2) is 9.03 Å². The Bertz CT molecular complexity index is 360. The lowest BCUT2D eigenvalue weighted by Gasteiger charge is -2.24. The van der Waals surface area contributed by atoms with Crippen molar-refractivity contribution in [2.24, 2.45) is 5.92 Å². The van der Waals surface area contributed by atoms with E-state index >= 15 is 0 Å². The molecule has 0 spiro atoms. The van der Waals surface area contributed by atoms with Gasteiger partial charge in [0.15, 0.2) is 0 Å². The lowest BCUT2D eigenvalue weighted by molar-refractivity contribution is 0.457. The molecule has 1 aromatic rings. The predicted octanol–water partition coefficient (Wildman–Crippen LogP) is 4.96. The Morgan fingerprint density at radius 1 is 1.12 bits per heavy atom. The second-order valence-corrected chi connectivity index (χ2v) is 7.50. The molecule has 0 heterocycles. The van der Waals surface area contributed by atoms with Gasteiger partial charge in [-0.1, -0.05) is 55.5 Å². The molecule has 17 heavy (non-hydrogen) atoms. The number of benzene rings is 1. The van der Waals surface area contributed by atoms with Crippen LogP contribution in [0.15, 0.2) is 12.1 Å². The van der Waals surface area contributed by atoms with Gasteiger partial charge in [-0.05, 0) is 48.8 Å². The van der Waals surface area contributed by atoms with Crippen LogP contribution in [0.25, 0.3) is 0 Å². The van der Waals surface area contributed by atoms with Crippen molar-refractivity contribution < 1.29 is 5.11 Å². The molecule has 0 aliphatic rings. The van der Waals surface area contributed by atoms with E-state index in [-0.39, 0.29) is 0 Å². The second-order valence-electron chi connectivity index (χ2n) is 5.37. The van der Waals surface area contributed by atoms with Crippen molar-refractivity contribution in [1.29, 1.82) is 0 Å². The fourth-order valence-corrected chi connectivity index (χ4v) is 2.89. The minimum Gasteiger partial charge on any atom is -0.507 e. The largest absolute Gasteiger partial charge is 0.507 e. The fourth-order valence-electron chi connectivity index (χ4n) is 2.35. The summed E-state index contributed by atoms with van der Waals surface area (Å²) in [5.41, 5.74) is 3.36. The number of alkyl halides is 1. The van der Waals surface area contributed by atoms with Crippen LogP contribution in [0.5, 0.6) is 5.75 Å². The number of hydrogen-bond acceptors (Lipinski definition) is 1. The highest BCUT2D eigenvalue weighted by molar-refractivity contribution is 14.1. The summed E-state index contributed by atoms with van der Waals surface area (Å²) in [5.74, 6) is 1.66. The van der Waals surface area contributed by atoms with E-state index < -0.39 is 0 Å². The minimum absolute atomic E-state index is 0.443. The molecule has 0 amide bonds. The van der Waals surface area contributed by atoms with Crippen LogP contribution in [0, 0.1) is 19.8 Å². The molecule has 2 unspecified atom stereocenters. The quantitative estimate of drug-likeness (QED) is 0.603. The van der Waals surface area contributed by atoms with Gasteiger partial charge in [0.05, 0.1) is 0 Å². The van der Waals surface area contributed by atoms with Gasteiger partial charge in [0.25, 0.3) is 0 Å². The van der Waals surface area contributed by atoms with Crippen molar-refractivity contribution in [2.75, 3.05) is 0 Å². The van der Waals surface area contributed by atoms with Gasteiger partial charge in [-0.3, -0.25) is 0 Å². The monoisotopic (exact) mass is 346 g/mol. The molecule has 1 nitrogen and oxygen atoms in total. The summed E-state index contributed by atoms with van der Waals surface area (Å²) in [6.07, 6.45) is 1.20. The van der Waals surface area contributed by atoms with E-state index in [1.54, 1.807) is 0 Å². The Kier molecular flexibility index (Phi) is 5.29. The smallest absolute Gasteiger partial charge is 0.121 e. The van der Waals surface area contributed by atoms with E-state index in [2.05, 4.69) is 55.5 Å². The lowest BCUT2D eigenvalue weighted by Crippen LogP contribution is -2.11. The van der Waals surface area contributed by atoms with Crippen LogP contribution in [0.4, 0.5) is 0 Å². The number of aryl methyl sites for hydroxylation is 2. The number of aromatic hydroxyl groups is 1. The molecule has 0 saturated heterocycles. The Morgan fingerprint density at radius 2 is 1.59 bits per heavy atom. The third kappa shape index (κ3) is 3.87. The van der Waals surface area contributed by atoms with Gasteiger partial charge in [0.2, 0.25) is 0 Å². The summed E-state index contributed by atoms with van der Waals surface area (Å²) in [7, 11) is 0. The van der Waals surface area contributed by atoms with Crippen molar-refractivity contribution in [1.82, 2.24) is 0 Å². The summed E-state index contributed by atoms with van der Waals surface area (Å²) in [6.45, 7) is 10.8. The van der Waals surface area contributed by atoms with Crippen LogP contribution >= 0.6 is 22.6 Å². The highest BCUT2D eigenvalue weighted by Gasteiger charge is 2.19. The molecule has 0 fully saturated rings. The SMILES string of the molecule is Cc1cc(C(CC(C)I)C(C)C)cc(C)c1O. The zero-order valence-corrected chi connectivity index (χ0v) is 13.6. The summed E-state index contributed by atoms with van der Waals surface area (Å²) >= 11 is 2.49. The Morgan fingerprint density at radius 3 is 1.94 bits per heavy atom. The van der Waals surface area contributed by atoms with Gasteiger partial charge in [-0.15, -0.1) is 0 Å². The van der Waals surface area contributed by atoms with Gasteiger partial charge in [0.1, 0.15) is 5.75 Å². The summed E-state index contributed by atoms with van der Waals surface area (Å²) < 4.78 is 0.675. The van der Waals surface area contributed by atoms with Crippen LogP contribution in [-0.2, 0) is 0 Å². The zero-order valence-electron chi connectivity index (χ0n) is 11.4. The summed E-state index contributed by atoms with van der Waals surface area (Å²) in [6, 6.07) is 4.29. The van der Waals surface area contributed by atoms with Gasteiger partial charge < -0.3 is 5.11 Å². The number of hydrogen-bond donors (Lipinski definition) is 1. The normalized spacial score (nSPS) is 15.0. The standard InChI is InChI=1S/C15H23IO/c1-9(2)14(8-12(5)16)13-6-10(3)15(17)11(4)7-13/h6-7,9,12,14,17H,8H2,1-5H3. The fraction of sp³-hybridized carbons (Fsp3) is 0.600. The van der Waals surface area contributed by atoms with Crippen LogP contribution in [0.2, 0.25) is 0 Å². The molecule has 0 aliphatic heterocycles. The van der Waals surface area contributed by atoms with Gasteiger partial charge in [-0.25, -0.2) is 0 Å². The maximum atomic E-state index is 9.83. The van der Waals surface area contributed by atoms with Crippen molar-refractivity contribution in [3.05, 3.63) is 28.8 Å². The van der Waals surface area contributed by atoms with E-state index in [1.807, 2.05) is 13.8 Å². The van der Waals surface area contributed by atoms with E-state index in [0.717, 1.165) is 11.1 Å². The lowest BCUT2D eigenvalue weighted by atomic mass is 9.83. The molecular weight excluding hydrogens is 323 g/mol. The Hall–Kier alpha value is -0.250. The van der Waals surface area contributed by atoms with Gasteiger partial charge >= 0.3 is 0 Å². The van der Waals surface area contributed by atoms with Crippen molar-refractivity contribution in [3.8, 4) is 5.75 Å². The van der Waals surface area contributed by atoms with Crippen molar-refractivity contribution >= 4 is 22.6 Å². The van der Waals surface area contributed by atoms with Crippen LogP contribution < -0.4 is 0 Å². The zero-order chi connectivity index (χ0) is 13.2. The van der Waals surface area contributed by atoms with E-state index in [4.69, 9.17) is 0 Å². The molecular formula is C15H23IO. The molecule has 1 aromatic carbocycles. The molecule has 0 aliphatic carbocycles. The number of rotatable bonds is 4. The number of phenolic OH excluding ortho intramolecular Hbond substituents is 1. The third-order valence-electron chi connectivity index (χ3n) is 3.33. The highest BCUT2D eigenvalue weighted by Crippen LogP contribution is 2.34. The first-order chi connectivity index (χ1) is 7.82. The average Bonchev–Trinajstić information content (AvgIpc) is 2.21. The van der Waals surface area contributed by atoms with E-state index in [1.165, 1.54) is 12.0 Å². The Labute approximate surface area is 119 Å². The first-order valence-corrected chi connectivity index (χ1v) is 7.51. The molecule has 2 atom stereocenters. The molecule has 1 N–H and O–H groups in total. The van der Waals surface area contributed by atoms with Crippen LogP contribution in [0.1, 0.15) is 49.8 Å². The molecule has 0 aromatic heterocycles. The average molecular weight is 346 g/mol. The minimum atomic E-state index is 0.443. The van der Waals surface area contributed by atoms with Gasteiger partial charge in [0, 0.05) is 3.92 Å².